The van der Waals surface area contributed by atoms with Gasteiger partial charge in [0.25, 0.3) is 0 Å². The van der Waals surface area contributed by atoms with Crippen molar-refractivity contribution in [1.29, 1.82) is 0 Å². The van der Waals surface area contributed by atoms with Crippen LogP contribution < -0.4 is 10.5 Å². The Hall–Kier alpha value is -1.06. The average Bonchev–Trinajstić information content (AvgIpc) is 2.70. The molecule has 3 nitrogen and oxygen atoms in total. The van der Waals surface area contributed by atoms with Crippen LogP contribution in [-0.4, -0.2) is 31.1 Å². The van der Waals surface area contributed by atoms with Crippen molar-refractivity contribution in [1.82, 2.24) is 4.90 Å². The minimum atomic E-state index is 0.640. The van der Waals surface area contributed by atoms with E-state index in [1.165, 1.54) is 17.5 Å². The van der Waals surface area contributed by atoms with Crippen LogP contribution in [0.15, 0.2) is 18.2 Å². The second kappa shape index (κ2) is 5.72. The Morgan fingerprint density at radius 2 is 2.22 bits per heavy atom. The van der Waals surface area contributed by atoms with Gasteiger partial charge in [-0.1, -0.05) is 12.1 Å². The number of ether oxygens (including phenoxy) is 1. The molecule has 3 heteroatoms. The molecule has 0 aromatic heterocycles. The van der Waals surface area contributed by atoms with Gasteiger partial charge in [-0.15, -0.1) is 0 Å². The fourth-order valence-corrected chi connectivity index (χ4v) is 2.88. The average molecular weight is 248 g/mol. The third-order valence-corrected chi connectivity index (χ3v) is 3.97. The molecule has 1 aromatic carbocycles. The van der Waals surface area contributed by atoms with Crippen LogP contribution in [0.2, 0.25) is 0 Å². The van der Waals surface area contributed by atoms with Crippen molar-refractivity contribution >= 4 is 0 Å². The summed E-state index contributed by atoms with van der Waals surface area (Å²) in [5.74, 6) is 1.63. The van der Waals surface area contributed by atoms with Gasteiger partial charge in [-0.3, -0.25) is 4.90 Å². The molecule has 1 aromatic rings. The highest BCUT2D eigenvalue weighted by atomic mass is 16.5. The predicted octanol–water partition coefficient (Wildman–Crippen LogP) is 2.17. The highest BCUT2D eigenvalue weighted by Gasteiger charge is 2.27. The largest absolute Gasteiger partial charge is 0.496 e. The van der Waals surface area contributed by atoms with Gasteiger partial charge in [-0.05, 0) is 49.9 Å². The first-order valence-electron chi connectivity index (χ1n) is 6.71. The maximum Gasteiger partial charge on any atom is 0.121 e. The van der Waals surface area contributed by atoms with Gasteiger partial charge >= 0.3 is 0 Å². The van der Waals surface area contributed by atoms with E-state index in [4.69, 9.17) is 10.5 Å². The van der Waals surface area contributed by atoms with Gasteiger partial charge in [0, 0.05) is 19.1 Å². The van der Waals surface area contributed by atoms with Gasteiger partial charge in [-0.25, -0.2) is 0 Å². The molecular formula is C15H24N2O. The van der Waals surface area contributed by atoms with Gasteiger partial charge in [-0.2, -0.15) is 0 Å². The molecule has 0 amide bonds. The normalized spacial score (nSPS) is 24.4. The summed E-state index contributed by atoms with van der Waals surface area (Å²) < 4.78 is 5.30. The van der Waals surface area contributed by atoms with E-state index in [9.17, 15) is 0 Å². The molecule has 1 fully saturated rings. The molecule has 2 rings (SSSR count). The van der Waals surface area contributed by atoms with E-state index < -0.39 is 0 Å². The van der Waals surface area contributed by atoms with E-state index in [0.29, 0.717) is 12.0 Å². The maximum absolute atomic E-state index is 5.77. The lowest BCUT2D eigenvalue weighted by Gasteiger charge is -2.21. The van der Waals surface area contributed by atoms with Crippen LogP contribution in [0.25, 0.3) is 0 Å². The van der Waals surface area contributed by atoms with Gasteiger partial charge in [0.1, 0.15) is 5.75 Å². The molecule has 2 N–H and O–H groups in total. The zero-order valence-electron chi connectivity index (χ0n) is 11.6. The fourth-order valence-electron chi connectivity index (χ4n) is 2.88. The summed E-state index contributed by atoms with van der Waals surface area (Å²) in [6.45, 7) is 7.35. The third kappa shape index (κ3) is 2.85. The Balaban J connectivity index is 2.03. The summed E-state index contributed by atoms with van der Waals surface area (Å²) in [7, 11) is 1.72. The fraction of sp³-hybridized carbons (Fsp3) is 0.600. The summed E-state index contributed by atoms with van der Waals surface area (Å²) >= 11 is 0. The van der Waals surface area contributed by atoms with E-state index in [0.717, 1.165) is 25.4 Å². The Morgan fingerprint density at radius 1 is 1.44 bits per heavy atom. The van der Waals surface area contributed by atoms with Crippen molar-refractivity contribution < 1.29 is 4.74 Å². The Bertz CT molecular complexity index is 405. The number of nitrogens with zero attached hydrogens (tertiary/aromatic N) is 1. The quantitative estimate of drug-likeness (QED) is 0.887. The molecule has 0 radical (unpaired) electrons. The molecule has 18 heavy (non-hydrogen) atoms. The molecule has 0 bridgehead atoms. The minimum Gasteiger partial charge on any atom is -0.496 e. The molecule has 1 heterocycles. The Kier molecular flexibility index (Phi) is 4.25. The minimum absolute atomic E-state index is 0.640. The number of hydrogen-bond donors (Lipinski definition) is 1. The number of benzene rings is 1. The van der Waals surface area contributed by atoms with E-state index in [-0.39, 0.29) is 0 Å². The summed E-state index contributed by atoms with van der Waals surface area (Å²) in [5.41, 5.74) is 8.34. The van der Waals surface area contributed by atoms with E-state index in [1.54, 1.807) is 7.11 Å². The summed E-state index contributed by atoms with van der Waals surface area (Å²) in [4.78, 5) is 2.53. The lowest BCUT2D eigenvalue weighted by atomic mass is 10.1. The summed E-state index contributed by atoms with van der Waals surface area (Å²) in [5, 5.41) is 0. The zero-order valence-corrected chi connectivity index (χ0v) is 11.6. The van der Waals surface area contributed by atoms with Crippen LogP contribution in [0.1, 0.15) is 24.5 Å². The molecule has 0 aliphatic carbocycles. The van der Waals surface area contributed by atoms with Crippen molar-refractivity contribution in [2.24, 2.45) is 11.7 Å². The molecule has 1 saturated heterocycles. The first kappa shape index (κ1) is 13.4. The van der Waals surface area contributed by atoms with Crippen molar-refractivity contribution in [2.75, 3.05) is 20.2 Å². The second-order valence-electron chi connectivity index (χ2n) is 5.42. The Labute approximate surface area is 110 Å². The number of hydrogen-bond acceptors (Lipinski definition) is 3. The first-order valence-corrected chi connectivity index (χ1v) is 6.71. The number of methoxy groups -OCH3 is 1. The van der Waals surface area contributed by atoms with Crippen LogP contribution in [0.5, 0.6) is 5.75 Å². The van der Waals surface area contributed by atoms with E-state index >= 15 is 0 Å². The van der Waals surface area contributed by atoms with E-state index in [2.05, 4.69) is 36.9 Å². The number of likely N-dealkylation sites (tertiary alicyclic amines) is 1. The predicted molar refractivity (Wildman–Crippen MR) is 74.8 cm³/mol. The molecule has 2 unspecified atom stereocenters. The van der Waals surface area contributed by atoms with Crippen molar-refractivity contribution in [3.63, 3.8) is 0 Å². The van der Waals surface area contributed by atoms with Crippen LogP contribution in [0.3, 0.4) is 0 Å². The SMILES string of the molecule is COc1ccc(CN2CC(CN)CC2C)cc1C. The lowest BCUT2D eigenvalue weighted by molar-refractivity contribution is 0.256. The third-order valence-electron chi connectivity index (χ3n) is 3.97. The van der Waals surface area contributed by atoms with Gasteiger partial charge in [0.05, 0.1) is 7.11 Å². The number of rotatable bonds is 4. The Morgan fingerprint density at radius 3 is 2.78 bits per heavy atom. The van der Waals surface area contributed by atoms with Gasteiger partial charge < -0.3 is 10.5 Å². The van der Waals surface area contributed by atoms with Crippen LogP contribution in [0, 0.1) is 12.8 Å². The van der Waals surface area contributed by atoms with Crippen LogP contribution in [-0.2, 0) is 6.54 Å². The van der Waals surface area contributed by atoms with Crippen molar-refractivity contribution in [3.05, 3.63) is 29.3 Å². The molecule has 1 aliphatic heterocycles. The highest BCUT2D eigenvalue weighted by molar-refractivity contribution is 5.36. The number of nitrogens with two attached hydrogens (primary N) is 1. The topological polar surface area (TPSA) is 38.5 Å². The van der Waals surface area contributed by atoms with E-state index in [1.807, 2.05) is 0 Å². The molecule has 2 atom stereocenters. The van der Waals surface area contributed by atoms with Gasteiger partial charge in [0.15, 0.2) is 0 Å². The van der Waals surface area contributed by atoms with Crippen molar-refractivity contribution in [2.45, 2.75) is 32.9 Å². The monoisotopic (exact) mass is 248 g/mol. The van der Waals surface area contributed by atoms with Gasteiger partial charge in [0.2, 0.25) is 0 Å². The first-order chi connectivity index (χ1) is 8.63. The smallest absolute Gasteiger partial charge is 0.121 e. The van der Waals surface area contributed by atoms with Crippen LogP contribution in [0.4, 0.5) is 0 Å². The maximum atomic E-state index is 5.77. The highest BCUT2D eigenvalue weighted by Crippen LogP contribution is 2.25. The van der Waals surface area contributed by atoms with Crippen molar-refractivity contribution in [3.8, 4) is 5.75 Å². The molecule has 100 valence electrons. The molecular weight excluding hydrogens is 224 g/mol. The lowest BCUT2D eigenvalue weighted by Crippen LogP contribution is -2.27. The zero-order chi connectivity index (χ0) is 13.1. The standard InChI is InChI=1S/C15H24N2O/c1-11-6-13(4-5-15(11)18-3)9-17-10-14(8-16)7-12(17)2/h4-6,12,14H,7-10,16H2,1-3H3. The summed E-state index contributed by atoms with van der Waals surface area (Å²) in [6, 6.07) is 7.09. The molecule has 1 aliphatic rings. The van der Waals surface area contributed by atoms with Crippen LogP contribution >= 0.6 is 0 Å². The molecule has 0 spiro atoms. The summed E-state index contributed by atoms with van der Waals surface area (Å²) in [6.07, 6.45) is 1.23. The number of aryl methyl sites for hydroxylation is 1. The molecule has 0 saturated carbocycles. The second-order valence-corrected chi connectivity index (χ2v) is 5.42.